The van der Waals surface area contributed by atoms with Gasteiger partial charge in [0.1, 0.15) is 7.80 Å². The van der Waals surface area contributed by atoms with E-state index in [0.717, 1.165) is 10.6 Å². The summed E-state index contributed by atoms with van der Waals surface area (Å²) < 4.78 is 12.0. The van der Waals surface area contributed by atoms with Crippen LogP contribution in [0.15, 0.2) is 60.7 Å². The molecule has 3 nitrogen and oxygen atoms in total. The molecule has 2 aromatic carbocycles. The zero-order valence-electron chi connectivity index (χ0n) is 9.99. The van der Waals surface area contributed by atoms with E-state index in [9.17, 15) is 4.57 Å². The number of benzene rings is 2. The number of hydrogen-bond acceptors (Lipinski definition) is 3. The lowest BCUT2D eigenvalue weighted by molar-refractivity contribution is 0.186. The van der Waals surface area contributed by atoms with Crippen molar-refractivity contribution in [3.05, 3.63) is 60.7 Å². The largest absolute Gasteiger partial charge is 0.394 e. The molecule has 0 spiro atoms. The SMILES string of the molecule is O=[PH](c1ccccc1)c1ccccc1.OCCO. The van der Waals surface area contributed by atoms with Gasteiger partial charge in [0.05, 0.1) is 13.2 Å². The second-order valence-electron chi connectivity index (χ2n) is 3.51. The summed E-state index contributed by atoms with van der Waals surface area (Å²) >= 11 is 0. The zero-order valence-corrected chi connectivity index (χ0v) is 11.0. The summed E-state index contributed by atoms with van der Waals surface area (Å²) in [5.74, 6) is 0. The molecule has 4 heteroatoms. The highest BCUT2D eigenvalue weighted by atomic mass is 31.1. The third-order valence-corrected chi connectivity index (χ3v) is 3.89. The maximum absolute atomic E-state index is 12.0. The van der Waals surface area contributed by atoms with Crippen LogP contribution in [0.4, 0.5) is 0 Å². The average Bonchev–Trinajstić information content (AvgIpc) is 2.48. The minimum atomic E-state index is -1.79. The van der Waals surface area contributed by atoms with E-state index in [1.165, 1.54) is 0 Å². The molecule has 0 aliphatic heterocycles. The second kappa shape index (κ2) is 8.65. The van der Waals surface area contributed by atoms with Crippen molar-refractivity contribution >= 4 is 18.4 Å². The molecule has 0 aliphatic rings. The van der Waals surface area contributed by atoms with Crippen molar-refractivity contribution in [2.75, 3.05) is 13.2 Å². The number of aliphatic hydroxyl groups is 2. The van der Waals surface area contributed by atoms with Gasteiger partial charge in [0.15, 0.2) is 0 Å². The highest BCUT2D eigenvalue weighted by Gasteiger charge is 2.03. The molecular formula is C14H17O3P. The number of aliphatic hydroxyl groups excluding tert-OH is 2. The van der Waals surface area contributed by atoms with Crippen LogP contribution in [0, 0.1) is 0 Å². The van der Waals surface area contributed by atoms with E-state index in [-0.39, 0.29) is 13.2 Å². The van der Waals surface area contributed by atoms with E-state index >= 15 is 0 Å². The first-order valence-corrected chi connectivity index (χ1v) is 7.07. The van der Waals surface area contributed by atoms with E-state index in [4.69, 9.17) is 10.2 Å². The molecule has 2 rings (SSSR count). The molecule has 0 aromatic heterocycles. The Morgan fingerprint density at radius 2 is 1.06 bits per heavy atom. The predicted octanol–water partition coefficient (Wildman–Crippen LogP) is 1.17. The standard InChI is InChI=1S/C12H11OP.C2H6O2/c13-14(11-7-3-1-4-8-11)12-9-5-2-6-10-12;3-1-2-4/h1-10,14H;3-4H,1-2H2. The van der Waals surface area contributed by atoms with Crippen molar-refractivity contribution in [3.63, 3.8) is 0 Å². The maximum Gasteiger partial charge on any atom is 0.131 e. The van der Waals surface area contributed by atoms with E-state index in [1.54, 1.807) is 0 Å². The Morgan fingerprint density at radius 1 is 0.722 bits per heavy atom. The van der Waals surface area contributed by atoms with Gasteiger partial charge in [0.25, 0.3) is 0 Å². The Hall–Kier alpha value is -1.41. The van der Waals surface area contributed by atoms with E-state index < -0.39 is 7.80 Å². The molecule has 2 aromatic rings. The van der Waals surface area contributed by atoms with Gasteiger partial charge in [-0.1, -0.05) is 60.7 Å². The fraction of sp³-hybridized carbons (Fsp3) is 0.143. The summed E-state index contributed by atoms with van der Waals surface area (Å²) in [6.07, 6.45) is 0. The number of hydrogen-bond donors (Lipinski definition) is 2. The first kappa shape index (κ1) is 14.7. The molecule has 0 fully saturated rings. The molecule has 0 saturated carbocycles. The van der Waals surface area contributed by atoms with Crippen LogP contribution < -0.4 is 10.6 Å². The van der Waals surface area contributed by atoms with Crippen molar-refractivity contribution in [2.45, 2.75) is 0 Å². The van der Waals surface area contributed by atoms with Gasteiger partial charge in [-0.2, -0.15) is 0 Å². The Bertz CT molecular complexity index is 413. The van der Waals surface area contributed by atoms with E-state index in [1.807, 2.05) is 60.7 Å². The van der Waals surface area contributed by atoms with Crippen LogP contribution >= 0.6 is 7.80 Å². The van der Waals surface area contributed by atoms with E-state index in [2.05, 4.69) is 0 Å². The monoisotopic (exact) mass is 264 g/mol. The average molecular weight is 264 g/mol. The lowest BCUT2D eigenvalue weighted by atomic mass is 10.4. The number of rotatable bonds is 3. The second-order valence-corrected chi connectivity index (χ2v) is 5.32. The van der Waals surface area contributed by atoms with Gasteiger partial charge in [-0.3, -0.25) is 0 Å². The molecule has 0 unspecified atom stereocenters. The van der Waals surface area contributed by atoms with Gasteiger partial charge < -0.3 is 14.8 Å². The summed E-state index contributed by atoms with van der Waals surface area (Å²) in [6, 6.07) is 19.2. The molecule has 0 heterocycles. The van der Waals surface area contributed by atoms with Gasteiger partial charge in [-0.05, 0) is 0 Å². The van der Waals surface area contributed by atoms with Crippen molar-refractivity contribution < 1.29 is 14.8 Å². The van der Waals surface area contributed by atoms with Gasteiger partial charge in [-0.25, -0.2) is 0 Å². The first-order valence-electron chi connectivity index (χ1n) is 5.66. The molecule has 18 heavy (non-hydrogen) atoms. The molecule has 2 N–H and O–H groups in total. The summed E-state index contributed by atoms with van der Waals surface area (Å²) in [5, 5.41) is 17.1. The molecule has 0 amide bonds. The van der Waals surface area contributed by atoms with Crippen molar-refractivity contribution in [1.29, 1.82) is 0 Å². The van der Waals surface area contributed by atoms with Crippen LogP contribution in [0.2, 0.25) is 0 Å². The predicted molar refractivity (Wildman–Crippen MR) is 75.3 cm³/mol. The van der Waals surface area contributed by atoms with Crippen LogP contribution in [0.1, 0.15) is 0 Å². The quantitative estimate of drug-likeness (QED) is 0.818. The summed E-state index contributed by atoms with van der Waals surface area (Å²) in [6.45, 7) is -0.250. The summed E-state index contributed by atoms with van der Waals surface area (Å²) in [4.78, 5) is 0. The minimum absolute atomic E-state index is 0.125. The lowest BCUT2D eigenvalue weighted by Gasteiger charge is -2.01. The molecule has 0 bridgehead atoms. The third kappa shape index (κ3) is 4.84. The van der Waals surface area contributed by atoms with Crippen LogP contribution in [0.25, 0.3) is 0 Å². The third-order valence-electron chi connectivity index (χ3n) is 2.17. The van der Waals surface area contributed by atoms with Crippen molar-refractivity contribution in [3.8, 4) is 0 Å². The van der Waals surface area contributed by atoms with Gasteiger partial charge in [-0.15, -0.1) is 0 Å². The van der Waals surface area contributed by atoms with Crippen LogP contribution in [-0.4, -0.2) is 23.4 Å². The van der Waals surface area contributed by atoms with E-state index in [0.29, 0.717) is 0 Å². The fourth-order valence-electron chi connectivity index (χ4n) is 1.35. The Balaban J connectivity index is 0.000000357. The van der Waals surface area contributed by atoms with Crippen LogP contribution in [-0.2, 0) is 4.57 Å². The normalized spacial score (nSPS) is 9.72. The Morgan fingerprint density at radius 3 is 1.33 bits per heavy atom. The van der Waals surface area contributed by atoms with Crippen LogP contribution in [0.3, 0.4) is 0 Å². The van der Waals surface area contributed by atoms with Gasteiger partial charge in [0.2, 0.25) is 0 Å². The Labute approximate surface area is 108 Å². The van der Waals surface area contributed by atoms with Crippen molar-refractivity contribution in [1.82, 2.24) is 0 Å². The molecule has 0 aliphatic carbocycles. The smallest absolute Gasteiger partial charge is 0.131 e. The minimum Gasteiger partial charge on any atom is -0.394 e. The van der Waals surface area contributed by atoms with Gasteiger partial charge >= 0.3 is 0 Å². The molecule has 96 valence electrons. The fourth-order valence-corrected chi connectivity index (χ4v) is 2.67. The summed E-state index contributed by atoms with van der Waals surface area (Å²) in [7, 11) is -1.79. The molecular weight excluding hydrogens is 247 g/mol. The van der Waals surface area contributed by atoms with Gasteiger partial charge in [0, 0.05) is 10.6 Å². The topological polar surface area (TPSA) is 57.5 Å². The lowest BCUT2D eigenvalue weighted by Crippen LogP contribution is -2.04. The zero-order chi connectivity index (χ0) is 13.2. The van der Waals surface area contributed by atoms with Crippen molar-refractivity contribution in [2.24, 2.45) is 0 Å². The Kier molecular flexibility index (Phi) is 7.04. The van der Waals surface area contributed by atoms with Crippen LogP contribution in [0.5, 0.6) is 0 Å². The maximum atomic E-state index is 12.0. The first-order chi connectivity index (χ1) is 8.79. The summed E-state index contributed by atoms with van der Waals surface area (Å²) in [5.41, 5.74) is 0. The molecule has 0 radical (unpaired) electrons. The molecule has 0 saturated heterocycles. The molecule has 0 atom stereocenters. The highest BCUT2D eigenvalue weighted by Crippen LogP contribution is 2.18. The highest BCUT2D eigenvalue weighted by molar-refractivity contribution is 7.61.